The SMILES string of the molecule is CC1CCCNC1C(=O)NOC(C)(C)C. The number of carbonyl (C=O) groups excluding carboxylic acids is 1. The Labute approximate surface area is 91.7 Å². The Morgan fingerprint density at radius 3 is 2.67 bits per heavy atom. The van der Waals surface area contributed by atoms with Crippen LogP contribution in [0.3, 0.4) is 0 Å². The molecule has 4 nitrogen and oxygen atoms in total. The molecule has 2 unspecified atom stereocenters. The highest BCUT2D eigenvalue weighted by atomic mass is 16.7. The zero-order chi connectivity index (χ0) is 11.5. The van der Waals surface area contributed by atoms with Gasteiger partial charge in [-0.3, -0.25) is 9.63 Å². The van der Waals surface area contributed by atoms with E-state index in [-0.39, 0.29) is 17.6 Å². The number of piperidine rings is 1. The molecule has 0 aromatic carbocycles. The van der Waals surface area contributed by atoms with Crippen LogP contribution in [0.1, 0.15) is 40.5 Å². The molecule has 1 amide bonds. The molecule has 0 aromatic heterocycles. The van der Waals surface area contributed by atoms with Crippen molar-refractivity contribution in [1.29, 1.82) is 0 Å². The second-order valence-electron chi connectivity index (χ2n) is 5.23. The summed E-state index contributed by atoms with van der Waals surface area (Å²) in [5.41, 5.74) is 2.18. The Balaban J connectivity index is 2.39. The van der Waals surface area contributed by atoms with Gasteiger partial charge in [-0.2, -0.15) is 0 Å². The van der Waals surface area contributed by atoms with Gasteiger partial charge in [-0.15, -0.1) is 0 Å². The summed E-state index contributed by atoms with van der Waals surface area (Å²) in [5.74, 6) is 0.319. The van der Waals surface area contributed by atoms with Gasteiger partial charge in [-0.25, -0.2) is 5.48 Å². The maximum atomic E-state index is 11.8. The van der Waals surface area contributed by atoms with E-state index in [1.54, 1.807) is 0 Å². The quantitative estimate of drug-likeness (QED) is 0.680. The lowest BCUT2D eigenvalue weighted by Gasteiger charge is -2.30. The van der Waals surface area contributed by atoms with Gasteiger partial charge in [-0.05, 0) is 46.1 Å². The van der Waals surface area contributed by atoms with Crippen molar-refractivity contribution in [1.82, 2.24) is 10.8 Å². The highest BCUT2D eigenvalue weighted by Crippen LogP contribution is 2.15. The van der Waals surface area contributed by atoms with Crippen LogP contribution in [0.15, 0.2) is 0 Å². The van der Waals surface area contributed by atoms with Gasteiger partial charge in [0.15, 0.2) is 0 Å². The minimum Gasteiger partial charge on any atom is -0.306 e. The van der Waals surface area contributed by atoms with Crippen LogP contribution in [0.4, 0.5) is 0 Å². The number of rotatable bonds is 2. The highest BCUT2D eigenvalue weighted by molar-refractivity contribution is 5.81. The topological polar surface area (TPSA) is 50.4 Å². The van der Waals surface area contributed by atoms with Gasteiger partial charge in [0.1, 0.15) is 0 Å². The molecule has 1 rings (SSSR count). The molecule has 88 valence electrons. The summed E-state index contributed by atoms with van der Waals surface area (Å²) in [5, 5.41) is 3.21. The highest BCUT2D eigenvalue weighted by Gasteiger charge is 2.28. The fraction of sp³-hybridized carbons (Fsp3) is 0.909. The number of hydrogen-bond acceptors (Lipinski definition) is 3. The summed E-state index contributed by atoms with van der Waals surface area (Å²) in [6.07, 6.45) is 2.24. The van der Waals surface area contributed by atoms with E-state index >= 15 is 0 Å². The van der Waals surface area contributed by atoms with Crippen molar-refractivity contribution in [2.24, 2.45) is 5.92 Å². The molecule has 1 fully saturated rings. The molecule has 0 spiro atoms. The fourth-order valence-electron chi connectivity index (χ4n) is 1.67. The van der Waals surface area contributed by atoms with Crippen molar-refractivity contribution in [3.8, 4) is 0 Å². The van der Waals surface area contributed by atoms with Crippen LogP contribution in [0.2, 0.25) is 0 Å². The molecule has 0 saturated carbocycles. The first kappa shape index (κ1) is 12.5. The molecule has 2 N–H and O–H groups in total. The first-order valence-electron chi connectivity index (χ1n) is 5.61. The minimum atomic E-state index is -0.340. The summed E-state index contributed by atoms with van der Waals surface area (Å²) in [7, 11) is 0. The molecule has 0 bridgehead atoms. The maximum Gasteiger partial charge on any atom is 0.260 e. The number of hydrogen-bond donors (Lipinski definition) is 2. The number of carbonyl (C=O) groups is 1. The van der Waals surface area contributed by atoms with E-state index in [0.717, 1.165) is 19.4 Å². The standard InChI is InChI=1S/C11H22N2O2/c1-8-6-5-7-12-9(8)10(14)13-15-11(2,3)4/h8-9,12H,5-7H2,1-4H3,(H,13,14). The molecular weight excluding hydrogens is 192 g/mol. The Kier molecular flexibility index (Phi) is 4.11. The van der Waals surface area contributed by atoms with E-state index in [1.807, 2.05) is 20.8 Å². The average Bonchev–Trinajstić information content (AvgIpc) is 2.14. The van der Waals surface area contributed by atoms with Gasteiger partial charge in [0.05, 0.1) is 11.6 Å². The summed E-state index contributed by atoms with van der Waals surface area (Å²) >= 11 is 0. The molecule has 4 heteroatoms. The van der Waals surface area contributed by atoms with Crippen LogP contribution < -0.4 is 10.8 Å². The largest absolute Gasteiger partial charge is 0.306 e. The van der Waals surface area contributed by atoms with E-state index in [0.29, 0.717) is 5.92 Å². The Hall–Kier alpha value is -0.610. The summed E-state index contributed by atoms with van der Waals surface area (Å²) < 4.78 is 0. The second-order valence-corrected chi connectivity index (χ2v) is 5.23. The molecule has 2 atom stereocenters. The number of hydroxylamine groups is 1. The van der Waals surface area contributed by atoms with E-state index in [1.165, 1.54) is 0 Å². The molecule has 0 radical (unpaired) electrons. The normalized spacial score (nSPS) is 27.5. The van der Waals surface area contributed by atoms with Gasteiger partial charge in [0, 0.05) is 0 Å². The second kappa shape index (κ2) is 4.94. The van der Waals surface area contributed by atoms with Crippen LogP contribution in [0, 0.1) is 5.92 Å². The first-order chi connectivity index (χ1) is 6.90. The van der Waals surface area contributed by atoms with Crippen molar-refractivity contribution in [2.75, 3.05) is 6.54 Å². The zero-order valence-corrected chi connectivity index (χ0v) is 10.1. The molecule has 15 heavy (non-hydrogen) atoms. The smallest absolute Gasteiger partial charge is 0.260 e. The van der Waals surface area contributed by atoms with E-state index in [9.17, 15) is 4.79 Å². The third-order valence-corrected chi connectivity index (χ3v) is 2.51. The van der Waals surface area contributed by atoms with E-state index in [2.05, 4.69) is 17.7 Å². The Morgan fingerprint density at radius 2 is 2.13 bits per heavy atom. The van der Waals surface area contributed by atoms with Gasteiger partial charge >= 0.3 is 0 Å². The predicted molar refractivity (Wildman–Crippen MR) is 59.2 cm³/mol. The van der Waals surface area contributed by atoms with Crippen LogP contribution in [-0.2, 0) is 9.63 Å². The summed E-state index contributed by atoms with van der Waals surface area (Å²) in [4.78, 5) is 17.0. The summed E-state index contributed by atoms with van der Waals surface area (Å²) in [6, 6.07) is -0.110. The van der Waals surface area contributed by atoms with Crippen LogP contribution in [0.25, 0.3) is 0 Å². The number of nitrogens with one attached hydrogen (secondary N) is 2. The Bertz CT molecular complexity index is 223. The van der Waals surface area contributed by atoms with Crippen molar-refractivity contribution >= 4 is 5.91 Å². The lowest BCUT2D eigenvalue weighted by atomic mass is 9.92. The molecule has 1 aliphatic heterocycles. The Morgan fingerprint density at radius 1 is 1.47 bits per heavy atom. The van der Waals surface area contributed by atoms with E-state index < -0.39 is 0 Å². The van der Waals surface area contributed by atoms with Crippen molar-refractivity contribution in [2.45, 2.75) is 52.2 Å². The molecule has 0 aliphatic carbocycles. The van der Waals surface area contributed by atoms with Crippen LogP contribution in [-0.4, -0.2) is 24.1 Å². The molecule has 1 aliphatic rings. The van der Waals surface area contributed by atoms with Crippen LogP contribution in [0.5, 0.6) is 0 Å². The van der Waals surface area contributed by atoms with Gasteiger partial charge in [0.25, 0.3) is 5.91 Å². The monoisotopic (exact) mass is 214 g/mol. The van der Waals surface area contributed by atoms with Crippen molar-refractivity contribution in [3.05, 3.63) is 0 Å². The minimum absolute atomic E-state index is 0.0582. The number of amides is 1. The van der Waals surface area contributed by atoms with E-state index in [4.69, 9.17) is 4.84 Å². The van der Waals surface area contributed by atoms with Gasteiger partial charge < -0.3 is 5.32 Å². The van der Waals surface area contributed by atoms with Gasteiger partial charge in [0.2, 0.25) is 0 Å². The molecule has 1 heterocycles. The van der Waals surface area contributed by atoms with Crippen molar-refractivity contribution in [3.63, 3.8) is 0 Å². The van der Waals surface area contributed by atoms with Crippen molar-refractivity contribution < 1.29 is 9.63 Å². The lowest BCUT2D eigenvalue weighted by molar-refractivity contribution is -0.149. The summed E-state index contributed by atoms with van der Waals surface area (Å²) in [6.45, 7) is 8.73. The first-order valence-corrected chi connectivity index (χ1v) is 5.61. The maximum absolute atomic E-state index is 11.8. The predicted octanol–water partition coefficient (Wildman–Crippen LogP) is 1.22. The van der Waals surface area contributed by atoms with Gasteiger partial charge in [-0.1, -0.05) is 6.92 Å². The average molecular weight is 214 g/mol. The third-order valence-electron chi connectivity index (χ3n) is 2.51. The zero-order valence-electron chi connectivity index (χ0n) is 10.1. The molecular formula is C11H22N2O2. The van der Waals surface area contributed by atoms with Crippen LogP contribution >= 0.6 is 0 Å². The lowest BCUT2D eigenvalue weighted by Crippen LogP contribution is -2.52. The fourth-order valence-corrected chi connectivity index (χ4v) is 1.67. The molecule has 1 saturated heterocycles. The molecule has 0 aromatic rings. The third kappa shape index (κ3) is 4.18.